The maximum Gasteiger partial charge on any atom is 0.223 e. The van der Waals surface area contributed by atoms with Gasteiger partial charge in [-0.3, -0.25) is 0 Å². The van der Waals surface area contributed by atoms with E-state index in [1.807, 2.05) is 4.57 Å². The first-order valence-corrected chi connectivity index (χ1v) is 17.3. The molecular weight excluding hydrogens is 540 g/mol. The largest absolute Gasteiger partial charge is 0.368 e. The molecule has 2 aliphatic rings. The summed E-state index contributed by atoms with van der Waals surface area (Å²) in [6.07, 6.45) is 5.62. The van der Waals surface area contributed by atoms with Gasteiger partial charge in [0.2, 0.25) is 5.95 Å². The van der Waals surface area contributed by atoms with Crippen molar-refractivity contribution in [2.45, 2.75) is 56.1 Å². The van der Waals surface area contributed by atoms with Crippen LogP contribution in [-0.2, 0) is 25.1 Å². The molecule has 180 valence electrons. The van der Waals surface area contributed by atoms with E-state index in [0.29, 0.717) is 17.7 Å². The number of nitrogens with two attached hydrogens (primary N) is 1. The lowest BCUT2D eigenvalue weighted by Crippen LogP contribution is -2.17. The van der Waals surface area contributed by atoms with E-state index < -0.39 is 14.3 Å². The second-order valence-electron chi connectivity index (χ2n) is 9.04. The summed E-state index contributed by atoms with van der Waals surface area (Å²) in [5, 5.41) is 1.11. The van der Waals surface area contributed by atoms with Crippen molar-refractivity contribution in [2.24, 2.45) is 0 Å². The Bertz CT molecular complexity index is 1040. The van der Waals surface area contributed by atoms with Crippen LogP contribution in [0.4, 0.5) is 5.95 Å². The number of alkyl halides is 1. The predicted octanol–water partition coefficient (Wildman–Crippen LogP) is 4.70. The first kappa shape index (κ1) is 26.1. The maximum absolute atomic E-state index is 12.1. The van der Waals surface area contributed by atoms with Crippen molar-refractivity contribution in [1.82, 2.24) is 19.5 Å². The molecule has 9 nitrogen and oxygen atoms in total. The second kappa shape index (κ2) is 10.4. The summed E-state index contributed by atoms with van der Waals surface area (Å²) >= 11 is 9.36. The molecule has 0 aliphatic carbocycles. The van der Waals surface area contributed by atoms with Crippen LogP contribution in [0, 0.1) is 0 Å². The van der Waals surface area contributed by atoms with Gasteiger partial charge in [-0.25, -0.2) is 4.98 Å². The molecule has 2 aromatic rings. The van der Waals surface area contributed by atoms with E-state index in [0.717, 1.165) is 31.0 Å². The first-order valence-electron chi connectivity index (χ1n) is 10.5. The summed E-state index contributed by atoms with van der Waals surface area (Å²) in [5.74, 6) is -0.0169. The van der Waals surface area contributed by atoms with E-state index in [2.05, 4.69) is 30.9 Å². The number of ether oxygens (including phenoxy) is 2. The highest BCUT2D eigenvalue weighted by Crippen LogP contribution is 2.49. The number of halogens is 2. The van der Waals surface area contributed by atoms with Crippen LogP contribution in [0.2, 0.25) is 5.15 Å². The van der Waals surface area contributed by atoms with E-state index in [1.165, 1.54) is 0 Å². The highest BCUT2D eigenvalue weighted by molar-refractivity contribution is 9.09. The lowest BCUT2D eigenvalue weighted by atomic mass is 10.2. The summed E-state index contributed by atoms with van der Waals surface area (Å²) in [7, 11) is -4.23. The fourth-order valence-electron chi connectivity index (χ4n) is 3.81. The van der Waals surface area contributed by atoms with Crippen LogP contribution in [0.1, 0.15) is 25.7 Å². The molecule has 4 rings (SSSR count). The molecule has 13 heteroatoms. The fourth-order valence-corrected chi connectivity index (χ4v) is 6.98. The van der Waals surface area contributed by atoms with Crippen molar-refractivity contribution in [3.63, 3.8) is 0 Å². The smallest absolute Gasteiger partial charge is 0.223 e. The van der Waals surface area contributed by atoms with Gasteiger partial charge in [0.05, 0.1) is 25.1 Å². The van der Waals surface area contributed by atoms with E-state index in [-0.39, 0.29) is 35.0 Å². The Morgan fingerprint density at radius 3 is 2.12 bits per heavy atom. The average Bonchev–Trinajstić information content (AvgIpc) is 3.41. The topological polar surface area (TPSA) is 122 Å². The number of rotatable bonds is 5. The maximum atomic E-state index is 12.1. The number of hydrogen-bond donors (Lipinski definition) is 1. The zero-order valence-electron chi connectivity index (χ0n) is 18.8. The summed E-state index contributed by atoms with van der Waals surface area (Å²) in [6, 6.07) is 0. The van der Waals surface area contributed by atoms with Crippen LogP contribution in [0.25, 0.3) is 11.2 Å². The molecule has 0 radical (unpaired) electrons. The van der Waals surface area contributed by atoms with E-state index in [9.17, 15) is 9.13 Å². The van der Waals surface area contributed by atoms with Crippen LogP contribution in [-0.4, -0.2) is 75.4 Å². The molecule has 2 saturated heterocycles. The molecule has 4 heterocycles. The van der Waals surface area contributed by atoms with Gasteiger partial charge in [0.25, 0.3) is 0 Å². The molecule has 0 aromatic carbocycles. The molecule has 0 saturated carbocycles. The average molecular weight is 571 g/mol. The van der Waals surface area contributed by atoms with Gasteiger partial charge in [-0.1, -0.05) is 27.5 Å². The molecule has 4 atom stereocenters. The molecule has 2 aliphatic heterocycles. The third-order valence-electron chi connectivity index (χ3n) is 5.57. The molecule has 32 heavy (non-hydrogen) atoms. The van der Waals surface area contributed by atoms with Crippen LogP contribution >= 0.6 is 41.8 Å². The van der Waals surface area contributed by atoms with E-state index in [4.69, 9.17) is 26.8 Å². The van der Waals surface area contributed by atoms with Crippen LogP contribution < -0.4 is 5.73 Å². The molecule has 0 amide bonds. The van der Waals surface area contributed by atoms with Crippen molar-refractivity contribution in [3.05, 3.63) is 11.5 Å². The Balaban J connectivity index is 0.000000222. The monoisotopic (exact) mass is 569 g/mol. The van der Waals surface area contributed by atoms with Gasteiger partial charge in [0.15, 0.2) is 10.8 Å². The number of anilines is 1. The van der Waals surface area contributed by atoms with Gasteiger partial charge in [-0.15, -0.1) is 0 Å². The summed E-state index contributed by atoms with van der Waals surface area (Å²) in [6.45, 7) is 7.71. The van der Waals surface area contributed by atoms with Gasteiger partial charge in [0, 0.05) is 5.33 Å². The molecule has 0 spiro atoms. The van der Waals surface area contributed by atoms with Gasteiger partial charge in [0.1, 0.15) is 31.5 Å². The lowest BCUT2D eigenvalue weighted by molar-refractivity contribution is 0.0749. The quantitative estimate of drug-likeness (QED) is 0.312. The van der Waals surface area contributed by atoms with Crippen molar-refractivity contribution in [2.75, 3.05) is 37.7 Å². The molecular formula is C19H31BrClN5O4P2. The minimum Gasteiger partial charge on any atom is -0.368 e. The van der Waals surface area contributed by atoms with E-state index >= 15 is 0 Å². The summed E-state index contributed by atoms with van der Waals surface area (Å²) in [5.41, 5.74) is 6.74. The Labute approximate surface area is 202 Å². The highest BCUT2D eigenvalue weighted by Gasteiger charge is 2.34. The number of imidazole rings is 1. The second-order valence-corrected chi connectivity index (χ2v) is 16.9. The van der Waals surface area contributed by atoms with Crippen molar-refractivity contribution in [3.8, 4) is 0 Å². The first-order chi connectivity index (χ1) is 14.9. The number of hydrogen-bond acceptors (Lipinski definition) is 8. The standard InChI is InChI=1S/C12H17ClN5O2P.C7H14BrO2P/c1-21(2,19)8-4-3-7(20-8)5-18-6-15-9-10(13)16-12(14)17-11(9)18;1-11(2,9)7-4-3-6(5-8)10-7/h6-8H,3-5H2,1-2H3,(H2,14,16,17);6-7H,3-5H2,1-2H3/t7-,8+;6-,7+/m11/s1. The molecule has 0 bridgehead atoms. The van der Waals surface area contributed by atoms with Crippen molar-refractivity contribution < 1.29 is 18.6 Å². The highest BCUT2D eigenvalue weighted by atomic mass is 79.9. The zero-order valence-corrected chi connectivity index (χ0v) is 22.9. The number of nitrogen functional groups attached to an aromatic ring is 1. The Hall–Kier alpha value is -0.500. The number of fused-ring (bicyclic) bond motifs is 1. The van der Waals surface area contributed by atoms with Crippen molar-refractivity contribution in [1.29, 1.82) is 0 Å². The Kier molecular flexibility index (Phi) is 8.49. The number of aromatic nitrogens is 4. The third kappa shape index (κ3) is 6.55. The molecule has 0 unspecified atom stereocenters. The summed E-state index contributed by atoms with van der Waals surface area (Å²) in [4.78, 5) is 12.3. The minimum absolute atomic E-state index is 0.00408. The molecule has 2 aromatic heterocycles. The van der Waals surface area contributed by atoms with Gasteiger partial charge in [-0.05, 0) is 52.3 Å². The zero-order chi connectivity index (χ0) is 23.7. The van der Waals surface area contributed by atoms with E-state index in [1.54, 1.807) is 33.0 Å². The fraction of sp³-hybridized carbons (Fsp3) is 0.737. The normalized spacial score (nSPS) is 26.3. The number of nitrogens with zero attached hydrogens (tertiary/aromatic N) is 4. The third-order valence-corrected chi connectivity index (χ3v) is 10.1. The summed E-state index contributed by atoms with van der Waals surface area (Å²) < 4.78 is 36.9. The van der Waals surface area contributed by atoms with Gasteiger partial charge < -0.3 is 28.9 Å². The molecule has 2 fully saturated rings. The van der Waals surface area contributed by atoms with Crippen LogP contribution in [0.15, 0.2) is 6.33 Å². The SMILES string of the molecule is CP(C)(=O)[C@H]1CC[C@H](CBr)O1.CP(C)(=O)[C@H]1CC[C@H](Cn2cnc3c(Cl)nc(N)nc32)O1. The van der Waals surface area contributed by atoms with Crippen LogP contribution in [0.3, 0.4) is 0 Å². The van der Waals surface area contributed by atoms with Crippen molar-refractivity contribution >= 4 is 58.9 Å². The van der Waals surface area contributed by atoms with Gasteiger partial charge in [-0.2, -0.15) is 9.97 Å². The minimum atomic E-state index is -2.22. The Morgan fingerprint density at radius 1 is 1.06 bits per heavy atom. The predicted molar refractivity (Wildman–Crippen MR) is 133 cm³/mol. The molecule has 2 N–H and O–H groups in total. The van der Waals surface area contributed by atoms with Gasteiger partial charge >= 0.3 is 0 Å². The van der Waals surface area contributed by atoms with Crippen LogP contribution in [0.5, 0.6) is 0 Å². The lowest BCUT2D eigenvalue weighted by Gasteiger charge is -2.17. The Morgan fingerprint density at radius 2 is 1.62 bits per heavy atom.